The smallest absolute Gasteiger partial charge is 0.0119 e. The Morgan fingerprint density at radius 3 is 2.00 bits per heavy atom. The molecule has 1 aliphatic rings. The van der Waals surface area contributed by atoms with Gasteiger partial charge in [0.2, 0.25) is 0 Å². The van der Waals surface area contributed by atoms with Crippen molar-refractivity contribution in [2.45, 2.75) is 34.1 Å². The van der Waals surface area contributed by atoms with Gasteiger partial charge in [0.05, 0.1) is 0 Å². The topological polar surface area (TPSA) is 0 Å². The van der Waals surface area contributed by atoms with Crippen molar-refractivity contribution in [2.24, 2.45) is 17.3 Å². The van der Waals surface area contributed by atoms with E-state index in [1.54, 1.807) is 0 Å². The zero-order valence-electron chi connectivity index (χ0n) is 7.57. The molecule has 0 N–H and O–H groups in total. The monoisotopic (exact) mass is 138 g/mol. The minimum absolute atomic E-state index is 0.388. The Balaban J connectivity index is 2.85. The highest BCUT2D eigenvalue weighted by atomic mass is 14.4. The van der Waals surface area contributed by atoms with Crippen molar-refractivity contribution in [2.75, 3.05) is 0 Å². The molecule has 0 aromatic carbocycles. The summed E-state index contributed by atoms with van der Waals surface area (Å²) >= 11 is 0. The van der Waals surface area contributed by atoms with Crippen molar-refractivity contribution in [1.29, 1.82) is 0 Å². The number of hydrogen-bond acceptors (Lipinski definition) is 0. The van der Waals surface area contributed by atoms with Gasteiger partial charge >= 0.3 is 0 Å². The van der Waals surface area contributed by atoms with E-state index < -0.39 is 0 Å². The zero-order valence-corrected chi connectivity index (χ0v) is 7.57. The van der Waals surface area contributed by atoms with E-state index in [0.717, 1.165) is 11.8 Å². The second kappa shape index (κ2) is 2.11. The van der Waals surface area contributed by atoms with Crippen molar-refractivity contribution in [3.63, 3.8) is 0 Å². The fourth-order valence-corrected chi connectivity index (χ4v) is 1.92. The molecular weight excluding hydrogens is 120 g/mol. The van der Waals surface area contributed by atoms with E-state index in [-0.39, 0.29) is 0 Å². The molecule has 0 nitrogen and oxygen atoms in total. The van der Waals surface area contributed by atoms with Gasteiger partial charge in [-0.25, -0.2) is 0 Å². The second-order valence-electron chi connectivity index (χ2n) is 4.28. The highest BCUT2D eigenvalue weighted by Crippen LogP contribution is 2.48. The van der Waals surface area contributed by atoms with Gasteiger partial charge in [-0.05, 0) is 23.7 Å². The summed E-state index contributed by atoms with van der Waals surface area (Å²) in [6.45, 7) is 13.4. The van der Waals surface area contributed by atoms with E-state index in [4.69, 9.17) is 0 Å². The molecule has 0 heteroatoms. The molecule has 58 valence electrons. The summed E-state index contributed by atoms with van der Waals surface area (Å²) in [4.78, 5) is 0. The van der Waals surface area contributed by atoms with Crippen LogP contribution in [0.25, 0.3) is 0 Å². The molecule has 0 amide bonds. The molecule has 0 heterocycles. The lowest BCUT2D eigenvalue weighted by Gasteiger charge is -2.25. The fourth-order valence-electron chi connectivity index (χ4n) is 1.92. The van der Waals surface area contributed by atoms with Crippen LogP contribution in [0.2, 0.25) is 0 Å². The van der Waals surface area contributed by atoms with Crippen molar-refractivity contribution in [3.05, 3.63) is 12.2 Å². The highest BCUT2D eigenvalue weighted by molar-refractivity contribution is 5.17. The van der Waals surface area contributed by atoms with Gasteiger partial charge in [-0.2, -0.15) is 0 Å². The van der Waals surface area contributed by atoms with Gasteiger partial charge < -0.3 is 0 Å². The van der Waals surface area contributed by atoms with Crippen molar-refractivity contribution in [1.82, 2.24) is 0 Å². The summed E-state index contributed by atoms with van der Waals surface area (Å²) in [5.41, 5.74) is 1.83. The standard InChI is InChI=1S/C10H18/c1-7-6-8(2)10(4,5)9(7)3/h7-8H,3,6H2,1-2,4-5H3/t7-,8+/m0/s1. The Morgan fingerprint density at radius 1 is 1.40 bits per heavy atom. The van der Waals surface area contributed by atoms with Crippen molar-refractivity contribution < 1.29 is 0 Å². The summed E-state index contributed by atoms with van der Waals surface area (Å²) in [7, 11) is 0. The largest absolute Gasteiger partial charge is 0.0990 e. The average Bonchev–Trinajstić information content (AvgIpc) is 1.97. The van der Waals surface area contributed by atoms with Crippen molar-refractivity contribution >= 4 is 0 Å². The summed E-state index contributed by atoms with van der Waals surface area (Å²) in [6, 6.07) is 0. The van der Waals surface area contributed by atoms with E-state index in [1.807, 2.05) is 0 Å². The minimum Gasteiger partial charge on any atom is -0.0990 e. The van der Waals surface area contributed by atoms with Crippen LogP contribution >= 0.6 is 0 Å². The molecule has 0 radical (unpaired) electrons. The third-order valence-corrected chi connectivity index (χ3v) is 3.36. The lowest BCUT2D eigenvalue weighted by atomic mass is 9.80. The maximum absolute atomic E-state index is 4.14. The normalized spacial score (nSPS) is 38.6. The second-order valence-corrected chi connectivity index (χ2v) is 4.28. The lowest BCUT2D eigenvalue weighted by molar-refractivity contribution is 0.332. The van der Waals surface area contributed by atoms with Crippen LogP contribution in [0.5, 0.6) is 0 Å². The van der Waals surface area contributed by atoms with E-state index >= 15 is 0 Å². The maximum Gasteiger partial charge on any atom is -0.0119 e. The van der Waals surface area contributed by atoms with Crippen LogP contribution in [0.4, 0.5) is 0 Å². The first-order valence-electron chi connectivity index (χ1n) is 4.15. The quantitative estimate of drug-likeness (QED) is 0.451. The summed E-state index contributed by atoms with van der Waals surface area (Å²) in [6.07, 6.45) is 1.33. The van der Waals surface area contributed by atoms with Crippen LogP contribution < -0.4 is 0 Å². The summed E-state index contributed by atoms with van der Waals surface area (Å²) in [5.74, 6) is 1.56. The molecule has 2 atom stereocenters. The molecule has 0 aliphatic heterocycles. The Hall–Kier alpha value is -0.260. The molecule has 1 rings (SSSR count). The molecule has 0 bridgehead atoms. The van der Waals surface area contributed by atoms with Crippen LogP contribution in [0.15, 0.2) is 12.2 Å². The lowest BCUT2D eigenvalue weighted by Crippen LogP contribution is -2.15. The van der Waals surface area contributed by atoms with Gasteiger partial charge in [0, 0.05) is 0 Å². The molecule has 0 unspecified atom stereocenters. The minimum atomic E-state index is 0.388. The average molecular weight is 138 g/mol. The van der Waals surface area contributed by atoms with Crippen LogP contribution in [0.3, 0.4) is 0 Å². The predicted molar refractivity (Wildman–Crippen MR) is 45.9 cm³/mol. The maximum atomic E-state index is 4.14. The van der Waals surface area contributed by atoms with Crippen LogP contribution in [0.1, 0.15) is 34.1 Å². The third-order valence-electron chi connectivity index (χ3n) is 3.36. The summed E-state index contributed by atoms with van der Waals surface area (Å²) < 4.78 is 0. The Bertz CT molecular complexity index is 153. The summed E-state index contributed by atoms with van der Waals surface area (Å²) in [5, 5.41) is 0. The first-order chi connectivity index (χ1) is 4.46. The molecule has 1 fully saturated rings. The van der Waals surface area contributed by atoms with Crippen LogP contribution in [-0.4, -0.2) is 0 Å². The Morgan fingerprint density at radius 2 is 1.90 bits per heavy atom. The van der Waals surface area contributed by atoms with Gasteiger partial charge in [0.1, 0.15) is 0 Å². The Labute approximate surface area is 64.3 Å². The number of allylic oxidation sites excluding steroid dienone is 1. The van der Waals surface area contributed by atoms with Crippen molar-refractivity contribution in [3.8, 4) is 0 Å². The van der Waals surface area contributed by atoms with Gasteiger partial charge in [-0.1, -0.05) is 39.8 Å². The van der Waals surface area contributed by atoms with Crippen LogP contribution in [0, 0.1) is 17.3 Å². The molecule has 10 heavy (non-hydrogen) atoms. The number of hydrogen-bond donors (Lipinski definition) is 0. The molecule has 0 saturated heterocycles. The highest BCUT2D eigenvalue weighted by Gasteiger charge is 2.38. The van der Waals surface area contributed by atoms with Gasteiger partial charge in [-0.15, -0.1) is 0 Å². The molecule has 0 aromatic heterocycles. The molecular formula is C10H18. The van der Waals surface area contributed by atoms with E-state index in [1.165, 1.54) is 12.0 Å². The van der Waals surface area contributed by atoms with Gasteiger partial charge in [0.15, 0.2) is 0 Å². The molecule has 0 spiro atoms. The van der Waals surface area contributed by atoms with E-state index in [2.05, 4.69) is 34.3 Å². The predicted octanol–water partition coefficient (Wildman–Crippen LogP) is 3.24. The van der Waals surface area contributed by atoms with Gasteiger partial charge in [-0.3, -0.25) is 0 Å². The molecule has 1 saturated carbocycles. The molecule has 0 aromatic rings. The molecule has 1 aliphatic carbocycles. The van der Waals surface area contributed by atoms with E-state index in [0.29, 0.717) is 5.41 Å². The third kappa shape index (κ3) is 0.902. The fraction of sp³-hybridized carbons (Fsp3) is 0.800. The van der Waals surface area contributed by atoms with Gasteiger partial charge in [0.25, 0.3) is 0 Å². The first-order valence-corrected chi connectivity index (χ1v) is 4.15. The zero-order chi connectivity index (χ0) is 7.94. The van der Waals surface area contributed by atoms with Crippen LogP contribution in [-0.2, 0) is 0 Å². The SMILES string of the molecule is C=C1[C@@H](C)C[C@@H](C)C1(C)C. The first kappa shape index (κ1) is 7.84. The number of rotatable bonds is 0. The Kier molecular flexibility index (Phi) is 1.66. The van der Waals surface area contributed by atoms with E-state index in [9.17, 15) is 0 Å².